The van der Waals surface area contributed by atoms with Gasteiger partial charge < -0.3 is 15.5 Å². The Balaban J connectivity index is 2.20. The molecule has 3 rings (SSSR count). The van der Waals surface area contributed by atoms with E-state index in [0.29, 0.717) is 18.8 Å². The van der Waals surface area contributed by atoms with Crippen molar-refractivity contribution in [2.75, 3.05) is 0 Å². The van der Waals surface area contributed by atoms with Gasteiger partial charge in [0.15, 0.2) is 5.78 Å². The van der Waals surface area contributed by atoms with Crippen molar-refractivity contribution in [3.63, 3.8) is 0 Å². The van der Waals surface area contributed by atoms with Gasteiger partial charge >= 0.3 is 0 Å². The second-order valence-electron chi connectivity index (χ2n) is 9.66. The smallest absolute Gasteiger partial charge is 0.235 e. The molecule has 1 saturated heterocycles. The lowest BCUT2D eigenvalue weighted by atomic mass is 9.55. The van der Waals surface area contributed by atoms with Crippen LogP contribution in [0, 0.1) is 29.1 Å². The standard InChI is InChI=1S/C24H35NO4/c1-13(2)10-18-22-16(5)15(4)12-17-11-14(3)6-7-19(26)20(27)8-9-21(28)24(17,22)23(29)25-18/h8-9,11-13,16-20,22,26-27H,6-7,10H2,1-5H3,(H,25,29)/b9-8+,14-11+/t16-,17+,18+,19+,20+,22+,24-/m1/s1. The predicted molar refractivity (Wildman–Crippen MR) is 113 cm³/mol. The molecule has 1 aliphatic heterocycles. The molecule has 3 aliphatic rings. The largest absolute Gasteiger partial charge is 0.390 e. The Morgan fingerprint density at radius 3 is 2.55 bits per heavy atom. The Kier molecular flexibility index (Phi) is 6.21. The Morgan fingerprint density at radius 2 is 1.90 bits per heavy atom. The number of nitrogens with one attached hydrogen (secondary N) is 1. The zero-order valence-corrected chi connectivity index (χ0v) is 18.2. The molecule has 0 unspecified atom stereocenters. The molecule has 1 fully saturated rings. The lowest BCUT2D eigenvalue weighted by Gasteiger charge is -2.44. The van der Waals surface area contributed by atoms with Gasteiger partial charge in [0.25, 0.3) is 0 Å². The highest BCUT2D eigenvalue weighted by Crippen LogP contribution is 2.55. The van der Waals surface area contributed by atoms with Crippen LogP contribution in [0.3, 0.4) is 0 Å². The molecular weight excluding hydrogens is 366 g/mol. The first kappa shape index (κ1) is 22.0. The summed E-state index contributed by atoms with van der Waals surface area (Å²) in [4.78, 5) is 27.1. The number of aliphatic hydroxyl groups excluding tert-OH is 2. The molecule has 0 saturated carbocycles. The van der Waals surface area contributed by atoms with Crippen molar-refractivity contribution in [3.8, 4) is 0 Å². The zero-order valence-electron chi connectivity index (χ0n) is 18.2. The lowest BCUT2D eigenvalue weighted by Crippen LogP contribution is -2.51. The summed E-state index contributed by atoms with van der Waals surface area (Å²) >= 11 is 0. The van der Waals surface area contributed by atoms with Crippen molar-refractivity contribution in [2.24, 2.45) is 29.1 Å². The van der Waals surface area contributed by atoms with Gasteiger partial charge in [-0.2, -0.15) is 0 Å². The third-order valence-electron chi connectivity index (χ3n) is 7.15. The van der Waals surface area contributed by atoms with Crippen LogP contribution in [0.4, 0.5) is 0 Å². The Bertz CT molecular complexity index is 765. The quantitative estimate of drug-likeness (QED) is 0.490. The van der Waals surface area contributed by atoms with E-state index < -0.39 is 17.6 Å². The first-order valence-corrected chi connectivity index (χ1v) is 10.8. The highest BCUT2D eigenvalue weighted by Gasteiger charge is 2.64. The molecule has 0 aromatic heterocycles. The maximum Gasteiger partial charge on any atom is 0.235 e. The third kappa shape index (κ3) is 3.75. The van der Waals surface area contributed by atoms with E-state index in [4.69, 9.17) is 0 Å². The van der Waals surface area contributed by atoms with Gasteiger partial charge in [0, 0.05) is 17.9 Å². The summed E-state index contributed by atoms with van der Waals surface area (Å²) in [7, 11) is 0. The molecule has 0 aromatic carbocycles. The Labute approximate surface area is 174 Å². The minimum Gasteiger partial charge on any atom is -0.390 e. The molecule has 29 heavy (non-hydrogen) atoms. The average Bonchev–Trinajstić information content (AvgIpc) is 2.93. The summed E-state index contributed by atoms with van der Waals surface area (Å²) in [6, 6.07) is -0.0599. The van der Waals surface area contributed by atoms with Gasteiger partial charge in [-0.15, -0.1) is 0 Å². The van der Waals surface area contributed by atoms with Crippen molar-refractivity contribution in [1.82, 2.24) is 5.32 Å². The zero-order chi connectivity index (χ0) is 21.5. The van der Waals surface area contributed by atoms with Crippen LogP contribution < -0.4 is 5.32 Å². The SMILES string of the molecule is CC1=C[C@@H]2/C=C(\C)CC[C@H](O)[C@@H](O)/C=C/C(=O)[C@]23C(=O)N[C@@H](CC(C)C)[C@@H]3[C@@H]1C. The lowest BCUT2D eigenvalue weighted by molar-refractivity contribution is -0.142. The molecule has 1 spiro atoms. The van der Waals surface area contributed by atoms with Crippen molar-refractivity contribution < 1.29 is 19.8 Å². The van der Waals surface area contributed by atoms with E-state index in [9.17, 15) is 19.8 Å². The summed E-state index contributed by atoms with van der Waals surface area (Å²) in [6.45, 7) is 10.4. The van der Waals surface area contributed by atoms with Crippen LogP contribution in [0.15, 0.2) is 35.5 Å². The number of aliphatic hydroxyl groups is 2. The number of hydrogen-bond acceptors (Lipinski definition) is 4. The molecule has 1 heterocycles. The fourth-order valence-electron chi connectivity index (χ4n) is 5.53. The molecule has 1 amide bonds. The minimum atomic E-state index is -1.20. The van der Waals surface area contributed by atoms with Crippen LogP contribution >= 0.6 is 0 Å². The molecule has 5 nitrogen and oxygen atoms in total. The van der Waals surface area contributed by atoms with Crippen LogP contribution in [-0.2, 0) is 9.59 Å². The second-order valence-corrected chi connectivity index (χ2v) is 9.66. The van der Waals surface area contributed by atoms with E-state index in [1.54, 1.807) is 0 Å². The van der Waals surface area contributed by atoms with Gasteiger partial charge in [-0.05, 0) is 51.0 Å². The Morgan fingerprint density at radius 1 is 1.21 bits per heavy atom. The Hall–Kier alpha value is -1.72. The molecule has 2 aliphatic carbocycles. The van der Waals surface area contributed by atoms with E-state index in [1.807, 2.05) is 13.0 Å². The summed E-state index contributed by atoms with van der Waals surface area (Å²) in [5.74, 6) is -0.455. The fraction of sp³-hybridized carbons (Fsp3) is 0.667. The fourth-order valence-corrected chi connectivity index (χ4v) is 5.53. The van der Waals surface area contributed by atoms with Crippen molar-refractivity contribution >= 4 is 11.7 Å². The summed E-state index contributed by atoms with van der Waals surface area (Å²) in [5.41, 5.74) is 1.02. The molecule has 160 valence electrons. The van der Waals surface area contributed by atoms with Crippen molar-refractivity contribution in [3.05, 3.63) is 35.5 Å². The van der Waals surface area contributed by atoms with Crippen LogP contribution in [0.2, 0.25) is 0 Å². The van der Waals surface area contributed by atoms with E-state index in [1.165, 1.54) is 17.7 Å². The molecule has 7 atom stereocenters. The number of amides is 1. The highest BCUT2D eigenvalue weighted by molar-refractivity contribution is 6.13. The highest BCUT2D eigenvalue weighted by atomic mass is 16.3. The van der Waals surface area contributed by atoms with Crippen LogP contribution in [-0.4, -0.2) is 40.2 Å². The average molecular weight is 402 g/mol. The number of allylic oxidation sites excluding steroid dienone is 5. The van der Waals surface area contributed by atoms with E-state index >= 15 is 0 Å². The molecule has 5 heteroatoms. The number of carbonyl (C=O) groups is 2. The maximum atomic E-state index is 13.6. The summed E-state index contributed by atoms with van der Waals surface area (Å²) < 4.78 is 0. The van der Waals surface area contributed by atoms with E-state index in [0.717, 1.165) is 12.0 Å². The monoisotopic (exact) mass is 401 g/mol. The van der Waals surface area contributed by atoms with Crippen LogP contribution in [0.1, 0.15) is 53.9 Å². The molecular formula is C24H35NO4. The number of ketones is 1. The molecule has 0 bridgehead atoms. The first-order valence-electron chi connectivity index (χ1n) is 10.8. The molecule has 0 aromatic rings. The molecule has 0 radical (unpaired) electrons. The van der Waals surface area contributed by atoms with Crippen LogP contribution in [0.25, 0.3) is 0 Å². The number of rotatable bonds is 2. The summed E-state index contributed by atoms with van der Waals surface area (Å²) in [5, 5.41) is 23.6. The minimum absolute atomic E-state index is 0.0599. The third-order valence-corrected chi connectivity index (χ3v) is 7.15. The topological polar surface area (TPSA) is 86.6 Å². The van der Waals surface area contributed by atoms with Crippen molar-refractivity contribution in [1.29, 1.82) is 0 Å². The second kappa shape index (κ2) is 8.19. The summed E-state index contributed by atoms with van der Waals surface area (Å²) in [6.07, 6.45) is 6.60. The van der Waals surface area contributed by atoms with Crippen LogP contribution in [0.5, 0.6) is 0 Å². The van der Waals surface area contributed by atoms with E-state index in [-0.39, 0.29) is 35.5 Å². The number of carbonyl (C=O) groups excluding carboxylic acids is 2. The van der Waals surface area contributed by atoms with Crippen molar-refractivity contribution in [2.45, 2.75) is 72.1 Å². The van der Waals surface area contributed by atoms with Gasteiger partial charge in [0.05, 0.1) is 12.2 Å². The van der Waals surface area contributed by atoms with Gasteiger partial charge in [0.1, 0.15) is 5.41 Å². The van der Waals surface area contributed by atoms with Gasteiger partial charge in [-0.1, -0.05) is 50.1 Å². The van der Waals surface area contributed by atoms with Gasteiger partial charge in [-0.25, -0.2) is 0 Å². The predicted octanol–water partition coefficient (Wildman–Crippen LogP) is 2.93. The normalized spacial score (nSPS) is 43.4. The first-order chi connectivity index (χ1) is 13.6. The molecule has 3 N–H and O–H groups in total. The van der Waals surface area contributed by atoms with E-state index in [2.05, 4.69) is 39.1 Å². The number of hydrogen-bond donors (Lipinski definition) is 3. The van der Waals surface area contributed by atoms with Gasteiger partial charge in [0.2, 0.25) is 5.91 Å². The maximum absolute atomic E-state index is 13.6. The van der Waals surface area contributed by atoms with Gasteiger partial charge in [-0.3, -0.25) is 9.59 Å².